The second kappa shape index (κ2) is 6.97. The van der Waals surface area contributed by atoms with Crippen LogP contribution in [-0.4, -0.2) is 64.2 Å². The molecule has 1 amide bonds. The molecule has 0 unspecified atom stereocenters. The average molecular weight is 322 g/mol. The fourth-order valence-electron chi connectivity index (χ4n) is 3.55. The average Bonchev–Trinajstić information content (AvgIpc) is 2.91. The molecule has 0 saturated carbocycles. The highest BCUT2D eigenvalue weighted by molar-refractivity contribution is 5.79. The van der Waals surface area contributed by atoms with Crippen molar-refractivity contribution in [2.75, 3.05) is 26.2 Å². The van der Waals surface area contributed by atoms with Crippen LogP contribution in [0, 0.1) is 12.8 Å². The van der Waals surface area contributed by atoms with Crippen LogP contribution in [0.4, 0.5) is 0 Å². The van der Waals surface area contributed by atoms with Crippen molar-refractivity contribution in [1.29, 1.82) is 0 Å². The predicted octanol–water partition coefficient (Wildman–Crippen LogP) is 1.23. The summed E-state index contributed by atoms with van der Waals surface area (Å²) < 4.78 is 10.9. The zero-order valence-corrected chi connectivity index (χ0v) is 14.2. The van der Waals surface area contributed by atoms with Gasteiger partial charge in [0.2, 0.25) is 11.8 Å². The second-order valence-corrected chi connectivity index (χ2v) is 6.79. The summed E-state index contributed by atoms with van der Waals surface area (Å²) in [5.41, 5.74) is 0. The summed E-state index contributed by atoms with van der Waals surface area (Å²) in [6.45, 7) is 9.78. The minimum Gasteiger partial charge on any atom is -0.372 e. The fraction of sp³-hybridized carbons (Fsp3) is 0.812. The van der Waals surface area contributed by atoms with Crippen molar-refractivity contribution < 1.29 is 14.1 Å². The van der Waals surface area contributed by atoms with Gasteiger partial charge in [0.15, 0.2) is 5.82 Å². The van der Waals surface area contributed by atoms with Gasteiger partial charge in [-0.2, -0.15) is 4.98 Å². The van der Waals surface area contributed by atoms with Crippen molar-refractivity contribution >= 4 is 5.91 Å². The number of piperidine rings is 1. The number of rotatable bonds is 3. The van der Waals surface area contributed by atoms with Gasteiger partial charge in [-0.25, -0.2) is 0 Å². The third-order valence-electron chi connectivity index (χ3n) is 4.60. The molecule has 23 heavy (non-hydrogen) atoms. The quantitative estimate of drug-likeness (QED) is 0.833. The maximum Gasteiger partial charge on any atom is 0.240 e. The van der Waals surface area contributed by atoms with E-state index in [1.165, 1.54) is 0 Å². The molecule has 3 heterocycles. The fourth-order valence-corrected chi connectivity index (χ4v) is 3.55. The number of morpholine rings is 1. The van der Waals surface area contributed by atoms with Crippen molar-refractivity contribution in [3.63, 3.8) is 0 Å². The number of nitrogens with zero attached hydrogens (tertiary/aromatic N) is 4. The molecule has 2 atom stereocenters. The number of hydrogen-bond donors (Lipinski definition) is 0. The first kappa shape index (κ1) is 16.4. The van der Waals surface area contributed by atoms with Gasteiger partial charge in [0, 0.05) is 19.0 Å². The Hall–Kier alpha value is -1.47. The molecular formula is C16H26N4O3. The first-order valence-electron chi connectivity index (χ1n) is 8.47. The molecule has 2 saturated heterocycles. The Morgan fingerprint density at radius 3 is 2.43 bits per heavy atom. The zero-order valence-electron chi connectivity index (χ0n) is 14.2. The minimum atomic E-state index is 0.128. The Morgan fingerprint density at radius 1 is 1.22 bits per heavy atom. The van der Waals surface area contributed by atoms with Crippen molar-refractivity contribution in [3.8, 4) is 0 Å². The van der Waals surface area contributed by atoms with E-state index in [1.54, 1.807) is 0 Å². The van der Waals surface area contributed by atoms with Gasteiger partial charge in [0.1, 0.15) is 0 Å². The molecule has 0 aromatic carbocycles. The molecule has 7 heteroatoms. The lowest BCUT2D eigenvalue weighted by Crippen LogP contribution is -2.51. The molecule has 7 nitrogen and oxygen atoms in total. The topological polar surface area (TPSA) is 71.7 Å². The number of carbonyl (C=O) groups is 1. The SMILES string of the molecule is Cc1noc(CN2CCC(C(=O)N3C[C@@H](C)O[C@H](C)C3)CC2)n1. The Labute approximate surface area is 137 Å². The molecule has 2 aliphatic rings. The molecule has 0 N–H and O–H groups in total. The van der Waals surface area contributed by atoms with Gasteiger partial charge in [0.05, 0.1) is 18.8 Å². The van der Waals surface area contributed by atoms with Gasteiger partial charge in [0.25, 0.3) is 0 Å². The normalized spacial score (nSPS) is 27.3. The maximum absolute atomic E-state index is 12.7. The van der Waals surface area contributed by atoms with Crippen molar-refractivity contribution in [2.24, 2.45) is 5.92 Å². The largest absolute Gasteiger partial charge is 0.372 e. The van der Waals surface area contributed by atoms with E-state index in [0.717, 1.165) is 25.9 Å². The first-order chi connectivity index (χ1) is 11.0. The summed E-state index contributed by atoms with van der Waals surface area (Å²) in [5, 5.41) is 3.82. The Balaban J connectivity index is 1.49. The first-order valence-corrected chi connectivity index (χ1v) is 8.47. The molecule has 3 rings (SSSR count). The van der Waals surface area contributed by atoms with Crippen molar-refractivity contribution in [2.45, 2.75) is 52.4 Å². The van der Waals surface area contributed by atoms with E-state index in [0.29, 0.717) is 37.3 Å². The van der Waals surface area contributed by atoms with Gasteiger partial charge in [-0.1, -0.05) is 5.16 Å². The van der Waals surface area contributed by atoms with E-state index in [4.69, 9.17) is 9.26 Å². The molecule has 1 aromatic heterocycles. The van der Waals surface area contributed by atoms with Gasteiger partial charge in [-0.3, -0.25) is 9.69 Å². The van der Waals surface area contributed by atoms with Crippen LogP contribution in [0.2, 0.25) is 0 Å². The van der Waals surface area contributed by atoms with E-state index in [2.05, 4.69) is 15.0 Å². The van der Waals surface area contributed by atoms with E-state index in [-0.39, 0.29) is 18.1 Å². The molecule has 0 bridgehead atoms. The van der Waals surface area contributed by atoms with Crippen LogP contribution in [0.3, 0.4) is 0 Å². The van der Waals surface area contributed by atoms with Crippen LogP contribution in [0.1, 0.15) is 38.4 Å². The molecule has 0 aliphatic carbocycles. The summed E-state index contributed by atoms with van der Waals surface area (Å²) in [6.07, 6.45) is 2.05. The Morgan fingerprint density at radius 2 is 1.87 bits per heavy atom. The third kappa shape index (κ3) is 4.09. The minimum absolute atomic E-state index is 0.128. The molecule has 0 radical (unpaired) electrons. The maximum atomic E-state index is 12.7. The number of aryl methyl sites for hydroxylation is 1. The highest BCUT2D eigenvalue weighted by Crippen LogP contribution is 2.23. The lowest BCUT2D eigenvalue weighted by atomic mass is 9.94. The van der Waals surface area contributed by atoms with Crippen LogP contribution in [-0.2, 0) is 16.1 Å². The van der Waals surface area contributed by atoms with Crippen LogP contribution >= 0.6 is 0 Å². The molecular weight excluding hydrogens is 296 g/mol. The van der Waals surface area contributed by atoms with Gasteiger partial charge in [-0.05, 0) is 46.7 Å². The standard InChI is InChI=1S/C16H26N4O3/c1-11-8-20(9-12(2)22-11)16(21)14-4-6-19(7-5-14)10-15-17-13(3)18-23-15/h11-12,14H,4-10H2,1-3H3/t11-,12-/m1/s1. The summed E-state index contributed by atoms with van der Waals surface area (Å²) in [6, 6.07) is 0. The third-order valence-corrected chi connectivity index (χ3v) is 4.60. The van der Waals surface area contributed by atoms with Crippen molar-refractivity contribution in [3.05, 3.63) is 11.7 Å². The second-order valence-electron chi connectivity index (χ2n) is 6.79. The van der Waals surface area contributed by atoms with E-state index in [9.17, 15) is 4.79 Å². The lowest BCUT2D eigenvalue weighted by Gasteiger charge is -2.39. The smallest absolute Gasteiger partial charge is 0.240 e. The molecule has 2 aliphatic heterocycles. The molecule has 128 valence electrons. The number of hydrogen-bond acceptors (Lipinski definition) is 6. The summed E-state index contributed by atoms with van der Waals surface area (Å²) in [7, 11) is 0. The number of ether oxygens (including phenoxy) is 1. The van der Waals surface area contributed by atoms with Crippen LogP contribution in [0.15, 0.2) is 4.52 Å². The van der Waals surface area contributed by atoms with Gasteiger partial charge < -0.3 is 14.2 Å². The zero-order chi connectivity index (χ0) is 16.4. The van der Waals surface area contributed by atoms with Crippen LogP contribution in [0.25, 0.3) is 0 Å². The van der Waals surface area contributed by atoms with Crippen molar-refractivity contribution in [1.82, 2.24) is 19.9 Å². The lowest BCUT2D eigenvalue weighted by molar-refractivity contribution is -0.149. The highest BCUT2D eigenvalue weighted by Gasteiger charge is 2.32. The van der Waals surface area contributed by atoms with E-state index >= 15 is 0 Å². The molecule has 1 aromatic rings. The Kier molecular flexibility index (Phi) is 4.96. The van der Waals surface area contributed by atoms with E-state index in [1.807, 2.05) is 25.7 Å². The number of likely N-dealkylation sites (tertiary alicyclic amines) is 1. The van der Waals surface area contributed by atoms with Crippen LogP contribution < -0.4 is 0 Å². The molecule has 2 fully saturated rings. The van der Waals surface area contributed by atoms with Gasteiger partial charge >= 0.3 is 0 Å². The molecule has 0 spiro atoms. The summed E-state index contributed by atoms with van der Waals surface area (Å²) in [4.78, 5) is 21.2. The monoisotopic (exact) mass is 322 g/mol. The predicted molar refractivity (Wildman–Crippen MR) is 83.6 cm³/mol. The number of amides is 1. The Bertz CT molecular complexity index is 529. The number of aromatic nitrogens is 2. The summed E-state index contributed by atoms with van der Waals surface area (Å²) >= 11 is 0. The summed E-state index contributed by atoms with van der Waals surface area (Å²) in [5.74, 6) is 1.75. The highest BCUT2D eigenvalue weighted by atomic mass is 16.5. The number of carbonyl (C=O) groups excluding carboxylic acids is 1. The van der Waals surface area contributed by atoms with Crippen LogP contribution in [0.5, 0.6) is 0 Å². The van der Waals surface area contributed by atoms with E-state index < -0.39 is 0 Å². The van der Waals surface area contributed by atoms with Gasteiger partial charge in [-0.15, -0.1) is 0 Å².